The number of amides is 1. The topological polar surface area (TPSA) is 84.9 Å². The maximum absolute atomic E-state index is 12.7. The fourth-order valence-electron chi connectivity index (χ4n) is 4.44. The zero-order valence-corrected chi connectivity index (χ0v) is 16.6. The molecule has 2 aromatic rings. The molecule has 1 fully saturated rings. The van der Waals surface area contributed by atoms with Crippen LogP contribution in [0.3, 0.4) is 0 Å². The van der Waals surface area contributed by atoms with E-state index in [-0.39, 0.29) is 25.6 Å². The zero-order valence-electron chi connectivity index (χ0n) is 16.6. The van der Waals surface area contributed by atoms with Gasteiger partial charge in [0.15, 0.2) is 0 Å². The molecule has 0 saturated carbocycles. The SMILES string of the molecule is CC1(C)COCC1(CC(=O)O)NC(=O)OCC1c2ccccc2-c2ccccc21. The van der Waals surface area contributed by atoms with Crippen LogP contribution in [0, 0.1) is 5.41 Å². The van der Waals surface area contributed by atoms with Gasteiger partial charge in [-0.25, -0.2) is 4.79 Å². The molecule has 1 saturated heterocycles. The number of carboxylic acid groups (broad SMARTS) is 1. The van der Waals surface area contributed by atoms with Crippen LogP contribution in [0.4, 0.5) is 4.79 Å². The number of fused-ring (bicyclic) bond motifs is 3. The normalized spacial score (nSPS) is 22.0. The van der Waals surface area contributed by atoms with Crippen molar-refractivity contribution in [1.29, 1.82) is 0 Å². The summed E-state index contributed by atoms with van der Waals surface area (Å²) in [6.07, 6.45) is -0.837. The summed E-state index contributed by atoms with van der Waals surface area (Å²) in [5.74, 6) is -1.03. The maximum atomic E-state index is 12.7. The summed E-state index contributed by atoms with van der Waals surface area (Å²) in [7, 11) is 0. The first-order valence-electron chi connectivity index (χ1n) is 9.76. The molecule has 0 bridgehead atoms. The molecule has 6 heteroatoms. The second-order valence-corrected chi connectivity index (χ2v) is 8.48. The van der Waals surface area contributed by atoms with Gasteiger partial charge in [-0.05, 0) is 22.3 Å². The summed E-state index contributed by atoms with van der Waals surface area (Å²) in [6.45, 7) is 4.50. The molecule has 1 amide bonds. The molecule has 152 valence electrons. The molecule has 0 aromatic heterocycles. The van der Waals surface area contributed by atoms with Crippen LogP contribution < -0.4 is 5.32 Å². The maximum Gasteiger partial charge on any atom is 0.407 e. The van der Waals surface area contributed by atoms with E-state index in [4.69, 9.17) is 9.47 Å². The number of ether oxygens (including phenoxy) is 2. The Kier molecular flexibility index (Phi) is 4.82. The Bertz CT molecular complexity index is 908. The van der Waals surface area contributed by atoms with Crippen LogP contribution in [0.25, 0.3) is 11.1 Å². The summed E-state index contributed by atoms with van der Waals surface area (Å²) in [5, 5.41) is 12.2. The van der Waals surface area contributed by atoms with Crippen LogP contribution in [0.5, 0.6) is 0 Å². The summed E-state index contributed by atoms with van der Waals surface area (Å²) in [6, 6.07) is 16.2. The van der Waals surface area contributed by atoms with E-state index in [1.54, 1.807) is 0 Å². The van der Waals surface area contributed by atoms with E-state index in [1.165, 1.54) is 0 Å². The van der Waals surface area contributed by atoms with E-state index in [9.17, 15) is 14.7 Å². The van der Waals surface area contributed by atoms with Gasteiger partial charge in [-0.1, -0.05) is 62.4 Å². The highest BCUT2D eigenvalue weighted by molar-refractivity contribution is 5.79. The highest BCUT2D eigenvalue weighted by Crippen LogP contribution is 2.44. The number of carbonyl (C=O) groups excluding carboxylic acids is 1. The molecule has 4 rings (SSSR count). The van der Waals surface area contributed by atoms with Gasteiger partial charge in [-0.2, -0.15) is 0 Å². The molecular formula is C23H25NO5. The van der Waals surface area contributed by atoms with Crippen LogP contribution in [0.2, 0.25) is 0 Å². The second-order valence-electron chi connectivity index (χ2n) is 8.48. The van der Waals surface area contributed by atoms with E-state index < -0.39 is 23.0 Å². The van der Waals surface area contributed by atoms with Crippen LogP contribution in [-0.2, 0) is 14.3 Å². The molecule has 1 unspecified atom stereocenters. The summed E-state index contributed by atoms with van der Waals surface area (Å²) in [4.78, 5) is 24.1. The number of carboxylic acids is 1. The van der Waals surface area contributed by atoms with Crippen molar-refractivity contribution < 1.29 is 24.2 Å². The quantitative estimate of drug-likeness (QED) is 0.805. The molecule has 2 N–H and O–H groups in total. The van der Waals surface area contributed by atoms with Gasteiger partial charge in [0.05, 0.1) is 25.2 Å². The lowest BCUT2D eigenvalue weighted by Crippen LogP contribution is -2.59. The number of hydrogen-bond acceptors (Lipinski definition) is 4. The van der Waals surface area contributed by atoms with Gasteiger partial charge in [0, 0.05) is 11.3 Å². The highest BCUT2D eigenvalue weighted by atomic mass is 16.6. The molecule has 0 radical (unpaired) electrons. The molecule has 29 heavy (non-hydrogen) atoms. The van der Waals surface area contributed by atoms with Gasteiger partial charge in [0.1, 0.15) is 6.61 Å². The highest BCUT2D eigenvalue weighted by Gasteiger charge is 2.52. The lowest BCUT2D eigenvalue weighted by molar-refractivity contribution is -0.139. The minimum Gasteiger partial charge on any atom is -0.481 e. The molecule has 2 aliphatic rings. The van der Waals surface area contributed by atoms with E-state index in [0.717, 1.165) is 22.3 Å². The smallest absolute Gasteiger partial charge is 0.407 e. The minimum absolute atomic E-state index is 0.0450. The molecule has 2 aromatic carbocycles. The average molecular weight is 395 g/mol. The Labute approximate surface area is 169 Å². The van der Waals surface area contributed by atoms with Crippen LogP contribution in [0.15, 0.2) is 48.5 Å². The van der Waals surface area contributed by atoms with Gasteiger partial charge in [-0.3, -0.25) is 4.79 Å². The predicted octanol–water partition coefficient (Wildman–Crippen LogP) is 3.80. The summed E-state index contributed by atoms with van der Waals surface area (Å²) in [5.41, 5.74) is 3.06. The largest absolute Gasteiger partial charge is 0.481 e. The van der Waals surface area contributed by atoms with Crippen LogP contribution in [0.1, 0.15) is 37.3 Å². The van der Waals surface area contributed by atoms with Crippen molar-refractivity contribution in [2.24, 2.45) is 5.41 Å². The fraction of sp³-hybridized carbons (Fsp3) is 0.391. The molecule has 1 aliphatic carbocycles. The number of nitrogens with one attached hydrogen (secondary N) is 1. The molecule has 0 spiro atoms. The average Bonchev–Trinajstić information content (AvgIpc) is 3.14. The molecule has 1 atom stereocenters. The van der Waals surface area contributed by atoms with Crippen molar-refractivity contribution in [2.45, 2.75) is 31.7 Å². The Morgan fingerprint density at radius 1 is 1.07 bits per heavy atom. The first-order chi connectivity index (χ1) is 13.8. The number of carbonyl (C=O) groups is 2. The molecule has 1 aliphatic heterocycles. The molecule has 1 heterocycles. The molecule has 6 nitrogen and oxygen atoms in total. The Morgan fingerprint density at radius 3 is 2.17 bits per heavy atom. The number of aliphatic carboxylic acids is 1. The predicted molar refractivity (Wildman–Crippen MR) is 108 cm³/mol. The van der Waals surface area contributed by atoms with E-state index >= 15 is 0 Å². The fourth-order valence-corrected chi connectivity index (χ4v) is 4.44. The van der Waals surface area contributed by atoms with Crippen LogP contribution >= 0.6 is 0 Å². The first kappa shape index (κ1) is 19.5. The monoisotopic (exact) mass is 395 g/mol. The van der Waals surface area contributed by atoms with Gasteiger partial charge in [0.25, 0.3) is 0 Å². The van der Waals surface area contributed by atoms with Crippen molar-refractivity contribution >= 4 is 12.1 Å². The Morgan fingerprint density at radius 2 is 1.66 bits per heavy atom. The van der Waals surface area contributed by atoms with Gasteiger partial charge in [0.2, 0.25) is 0 Å². The Balaban J connectivity index is 1.51. The number of hydrogen-bond donors (Lipinski definition) is 2. The van der Waals surface area contributed by atoms with Crippen molar-refractivity contribution in [3.63, 3.8) is 0 Å². The van der Waals surface area contributed by atoms with Gasteiger partial charge < -0.3 is 19.9 Å². The summed E-state index contributed by atoms with van der Waals surface area (Å²) >= 11 is 0. The number of alkyl carbamates (subject to hydrolysis) is 1. The molecular weight excluding hydrogens is 370 g/mol. The lowest BCUT2D eigenvalue weighted by Gasteiger charge is -2.38. The number of benzene rings is 2. The van der Waals surface area contributed by atoms with Gasteiger partial charge in [-0.15, -0.1) is 0 Å². The van der Waals surface area contributed by atoms with Gasteiger partial charge >= 0.3 is 12.1 Å². The lowest BCUT2D eigenvalue weighted by atomic mass is 9.73. The number of rotatable bonds is 5. The minimum atomic E-state index is -0.999. The van der Waals surface area contributed by atoms with Crippen molar-refractivity contribution in [3.05, 3.63) is 59.7 Å². The third kappa shape index (κ3) is 3.38. The van der Waals surface area contributed by atoms with Crippen molar-refractivity contribution in [1.82, 2.24) is 5.32 Å². The van der Waals surface area contributed by atoms with Crippen molar-refractivity contribution in [3.8, 4) is 11.1 Å². The zero-order chi connectivity index (χ0) is 20.6. The summed E-state index contributed by atoms with van der Waals surface area (Å²) < 4.78 is 11.1. The standard InChI is InChI=1S/C23H25NO5/c1-22(2)13-28-14-23(22,11-20(25)26)24-21(27)29-12-19-17-9-5-3-7-15(17)16-8-4-6-10-18(16)19/h3-10,19H,11-14H2,1-2H3,(H,24,27)(H,25,26). The first-order valence-corrected chi connectivity index (χ1v) is 9.76. The second kappa shape index (κ2) is 7.19. The van der Waals surface area contributed by atoms with Crippen LogP contribution in [-0.4, -0.2) is 42.5 Å². The van der Waals surface area contributed by atoms with E-state index in [1.807, 2.05) is 38.1 Å². The third-order valence-corrected chi connectivity index (χ3v) is 6.24. The third-order valence-electron chi connectivity index (χ3n) is 6.24. The Hall–Kier alpha value is -2.86. The van der Waals surface area contributed by atoms with E-state index in [0.29, 0.717) is 6.61 Å². The van der Waals surface area contributed by atoms with E-state index in [2.05, 4.69) is 29.6 Å². The van der Waals surface area contributed by atoms with Crippen molar-refractivity contribution in [2.75, 3.05) is 19.8 Å².